The summed E-state index contributed by atoms with van der Waals surface area (Å²) in [4.78, 5) is 17.8. The highest BCUT2D eigenvalue weighted by molar-refractivity contribution is 9.10. The molecule has 0 unspecified atom stereocenters. The van der Waals surface area contributed by atoms with Crippen LogP contribution in [0.3, 0.4) is 0 Å². The zero-order valence-corrected chi connectivity index (χ0v) is 7.33. The second-order valence-corrected chi connectivity index (χ2v) is 2.56. The summed E-state index contributed by atoms with van der Waals surface area (Å²) in [5.74, 6) is 0. The molecule has 0 aromatic carbocycles. The lowest BCUT2D eigenvalue weighted by molar-refractivity contribution is 0.111. The molecule has 1 aromatic heterocycles. The van der Waals surface area contributed by atoms with E-state index in [1.807, 2.05) is 0 Å². The Labute approximate surface area is 71.7 Å². The molecule has 0 saturated carbocycles. The van der Waals surface area contributed by atoms with E-state index in [0.717, 1.165) is 0 Å². The van der Waals surface area contributed by atoms with Crippen LogP contribution in [0.5, 0.6) is 6.01 Å². The standard InChI is InChI=1S/C6H5BrN2O2/c1-11-6-8-2-4(7)5(3-10)9-6/h2-3H,1H3. The highest BCUT2D eigenvalue weighted by atomic mass is 79.9. The number of halogens is 1. The quantitative estimate of drug-likeness (QED) is 0.695. The van der Waals surface area contributed by atoms with Gasteiger partial charge in [0.2, 0.25) is 0 Å². The van der Waals surface area contributed by atoms with Gasteiger partial charge >= 0.3 is 6.01 Å². The molecule has 1 heterocycles. The van der Waals surface area contributed by atoms with Crippen LogP contribution in [0, 0.1) is 0 Å². The lowest BCUT2D eigenvalue weighted by Gasteiger charge is -1.97. The van der Waals surface area contributed by atoms with E-state index in [1.165, 1.54) is 13.3 Å². The van der Waals surface area contributed by atoms with Crippen molar-refractivity contribution in [2.75, 3.05) is 7.11 Å². The average Bonchev–Trinajstić information content (AvgIpc) is 2.05. The van der Waals surface area contributed by atoms with E-state index < -0.39 is 0 Å². The molecule has 5 heteroatoms. The number of ether oxygens (including phenoxy) is 1. The maximum atomic E-state index is 10.3. The first-order valence-electron chi connectivity index (χ1n) is 2.79. The zero-order chi connectivity index (χ0) is 8.27. The van der Waals surface area contributed by atoms with Gasteiger partial charge in [0.05, 0.1) is 11.6 Å². The maximum Gasteiger partial charge on any atom is 0.316 e. The fraction of sp³-hybridized carbons (Fsp3) is 0.167. The lowest BCUT2D eigenvalue weighted by Crippen LogP contribution is -1.96. The van der Waals surface area contributed by atoms with Crippen molar-refractivity contribution in [2.24, 2.45) is 0 Å². The molecule has 0 aliphatic carbocycles. The smallest absolute Gasteiger partial charge is 0.316 e. The number of hydrogen-bond donors (Lipinski definition) is 0. The molecular formula is C6H5BrN2O2. The Kier molecular flexibility index (Phi) is 2.53. The molecule has 11 heavy (non-hydrogen) atoms. The van der Waals surface area contributed by atoms with Gasteiger partial charge in [0.25, 0.3) is 0 Å². The molecule has 0 fully saturated rings. The molecule has 1 aromatic rings. The largest absolute Gasteiger partial charge is 0.467 e. The van der Waals surface area contributed by atoms with Crippen molar-refractivity contribution in [1.29, 1.82) is 0 Å². The molecule has 4 nitrogen and oxygen atoms in total. The van der Waals surface area contributed by atoms with Crippen LogP contribution in [-0.2, 0) is 0 Å². The number of aromatic nitrogens is 2. The summed E-state index contributed by atoms with van der Waals surface area (Å²) in [6.07, 6.45) is 2.10. The van der Waals surface area contributed by atoms with Gasteiger partial charge in [-0.3, -0.25) is 4.79 Å². The number of aldehydes is 1. The van der Waals surface area contributed by atoms with E-state index in [4.69, 9.17) is 4.74 Å². The van der Waals surface area contributed by atoms with Crippen LogP contribution in [0.15, 0.2) is 10.7 Å². The van der Waals surface area contributed by atoms with Gasteiger partial charge in [0, 0.05) is 6.20 Å². The molecule has 0 radical (unpaired) electrons. The van der Waals surface area contributed by atoms with Gasteiger partial charge in [0.1, 0.15) is 5.69 Å². The minimum atomic E-state index is 0.190. The number of methoxy groups -OCH3 is 1. The first-order chi connectivity index (χ1) is 5.27. The third-order valence-corrected chi connectivity index (χ3v) is 1.65. The van der Waals surface area contributed by atoms with E-state index in [-0.39, 0.29) is 11.7 Å². The number of rotatable bonds is 2. The van der Waals surface area contributed by atoms with Crippen molar-refractivity contribution in [1.82, 2.24) is 9.97 Å². The number of carbonyl (C=O) groups excluding carboxylic acids is 1. The summed E-state index contributed by atoms with van der Waals surface area (Å²) in [5, 5.41) is 0. The Hall–Kier alpha value is -0.970. The van der Waals surface area contributed by atoms with Crippen molar-refractivity contribution in [3.05, 3.63) is 16.4 Å². The maximum absolute atomic E-state index is 10.3. The van der Waals surface area contributed by atoms with Crippen LogP contribution >= 0.6 is 15.9 Å². The van der Waals surface area contributed by atoms with Gasteiger partial charge in [0.15, 0.2) is 6.29 Å². The molecular weight excluding hydrogens is 212 g/mol. The van der Waals surface area contributed by atoms with Crippen molar-refractivity contribution >= 4 is 22.2 Å². The first-order valence-corrected chi connectivity index (χ1v) is 3.59. The number of hydrogen-bond acceptors (Lipinski definition) is 4. The molecule has 0 aliphatic heterocycles. The van der Waals surface area contributed by atoms with Crippen LogP contribution in [0.1, 0.15) is 10.5 Å². The van der Waals surface area contributed by atoms with E-state index in [1.54, 1.807) is 0 Å². The lowest BCUT2D eigenvalue weighted by atomic mass is 10.4. The van der Waals surface area contributed by atoms with Crippen LogP contribution in [0.2, 0.25) is 0 Å². The van der Waals surface area contributed by atoms with E-state index >= 15 is 0 Å². The van der Waals surface area contributed by atoms with Crippen molar-refractivity contribution in [2.45, 2.75) is 0 Å². The molecule has 1 rings (SSSR count). The summed E-state index contributed by atoms with van der Waals surface area (Å²) >= 11 is 3.11. The monoisotopic (exact) mass is 216 g/mol. The normalized spacial score (nSPS) is 9.27. The zero-order valence-electron chi connectivity index (χ0n) is 5.74. The Morgan fingerprint density at radius 3 is 3.00 bits per heavy atom. The third-order valence-electron chi connectivity index (χ3n) is 1.04. The van der Waals surface area contributed by atoms with Crippen molar-refractivity contribution < 1.29 is 9.53 Å². The van der Waals surface area contributed by atoms with Gasteiger partial charge < -0.3 is 4.74 Å². The number of carbonyl (C=O) groups is 1. The molecule has 0 saturated heterocycles. The fourth-order valence-electron chi connectivity index (χ4n) is 0.544. The predicted molar refractivity (Wildman–Crippen MR) is 41.7 cm³/mol. The van der Waals surface area contributed by atoms with Gasteiger partial charge in [-0.2, -0.15) is 4.98 Å². The summed E-state index contributed by atoms with van der Waals surface area (Å²) < 4.78 is 5.27. The Morgan fingerprint density at radius 2 is 2.45 bits per heavy atom. The Balaban J connectivity index is 3.12. The van der Waals surface area contributed by atoms with E-state index in [0.29, 0.717) is 10.8 Å². The second-order valence-electron chi connectivity index (χ2n) is 1.71. The minimum Gasteiger partial charge on any atom is -0.467 e. The van der Waals surface area contributed by atoms with Crippen LogP contribution < -0.4 is 4.74 Å². The molecule has 0 amide bonds. The Bertz CT molecular complexity index is 277. The highest BCUT2D eigenvalue weighted by Gasteiger charge is 2.02. The summed E-state index contributed by atoms with van der Waals surface area (Å²) in [6, 6.07) is 0.190. The summed E-state index contributed by atoms with van der Waals surface area (Å²) in [6.45, 7) is 0. The number of nitrogens with zero attached hydrogens (tertiary/aromatic N) is 2. The van der Waals surface area contributed by atoms with Crippen LogP contribution in [0.4, 0.5) is 0 Å². The molecule has 0 aliphatic rings. The summed E-state index contributed by atoms with van der Waals surface area (Å²) in [7, 11) is 1.44. The third kappa shape index (κ3) is 1.74. The average molecular weight is 217 g/mol. The highest BCUT2D eigenvalue weighted by Crippen LogP contribution is 2.13. The molecule has 58 valence electrons. The summed E-state index contributed by atoms with van der Waals surface area (Å²) in [5.41, 5.74) is 0.289. The van der Waals surface area contributed by atoms with Crippen LogP contribution in [0.25, 0.3) is 0 Å². The fourth-order valence-corrected chi connectivity index (χ4v) is 0.829. The molecule has 0 bridgehead atoms. The molecule has 0 spiro atoms. The topological polar surface area (TPSA) is 52.1 Å². The Morgan fingerprint density at radius 1 is 1.73 bits per heavy atom. The van der Waals surface area contributed by atoms with E-state index in [9.17, 15) is 4.79 Å². The van der Waals surface area contributed by atoms with Gasteiger partial charge in [-0.15, -0.1) is 0 Å². The molecule has 0 N–H and O–H groups in total. The van der Waals surface area contributed by atoms with Gasteiger partial charge in [-0.25, -0.2) is 4.98 Å². The van der Waals surface area contributed by atoms with Crippen molar-refractivity contribution in [3.63, 3.8) is 0 Å². The molecule has 0 atom stereocenters. The second kappa shape index (κ2) is 3.43. The SMILES string of the molecule is COc1ncc(Br)c(C=O)n1. The predicted octanol–water partition coefficient (Wildman–Crippen LogP) is 1.06. The first kappa shape index (κ1) is 8.13. The minimum absolute atomic E-state index is 0.190. The van der Waals surface area contributed by atoms with Gasteiger partial charge in [-0.05, 0) is 15.9 Å². The van der Waals surface area contributed by atoms with Crippen molar-refractivity contribution in [3.8, 4) is 6.01 Å². The van der Waals surface area contributed by atoms with Crippen LogP contribution in [-0.4, -0.2) is 23.4 Å². The van der Waals surface area contributed by atoms with Gasteiger partial charge in [-0.1, -0.05) is 0 Å². The van der Waals surface area contributed by atoms with E-state index in [2.05, 4.69) is 25.9 Å².